The van der Waals surface area contributed by atoms with Crippen molar-refractivity contribution in [3.05, 3.63) is 176 Å². The number of nitrogens with one attached hydrogen (secondary N) is 1. The molecule has 0 saturated carbocycles. The van der Waals surface area contributed by atoms with Gasteiger partial charge in [0, 0.05) is 62.5 Å². The van der Waals surface area contributed by atoms with E-state index in [2.05, 4.69) is 192 Å². The van der Waals surface area contributed by atoms with Crippen molar-refractivity contribution < 1.29 is 0 Å². The van der Waals surface area contributed by atoms with Gasteiger partial charge in [-0.05, 0) is 100 Å². The Bertz CT molecular complexity index is 3330. The molecule has 0 aliphatic carbocycles. The number of aromatic amines is 1. The number of pyridine rings is 2. The van der Waals surface area contributed by atoms with Crippen LogP contribution in [0.15, 0.2) is 170 Å². The van der Waals surface area contributed by atoms with Gasteiger partial charge in [-0.1, -0.05) is 99.6 Å². The number of H-pyrrole nitrogens is 1. The average molecular weight is 735 g/mol. The van der Waals surface area contributed by atoms with Gasteiger partial charge in [0.15, 0.2) is 0 Å². The Balaban J connectivity index is 1.19. The zero-order valence-electron chi connectivity index (χ0n) is 31.9. The van der Waals surface area contributed by atoms with Gasteiger partial charge in [-0.2, -0.15) is 0 Å². The summed E-state index contributed by atoms with van der Waals surface area (Å²) in [7, 11) is 0. The molecule has 0 aliphatic rings. The lowest BCUT2D eigenvalue weighted by Gasteiger charge is -2.20. The maximum Gasteiger partial charge on any atom is 0.147 e. The quantitative estimate of drug-likeness (QED) is 0.191. The molecule has 272 valence electrons. The molecule has 6 nitrogen and oxygen atoms in total. The van der Waals surface area contributed by atoms with Crippen LogP contribution in [0.2, 0.25) is 0 Å². The fourth-order valence-electron chi connectivity index (χ4n) is 8.58. The molecule has 11 rings (SSSR count). The Morgan fingerprint density at radius 1 is 0.509 bits per heavy atom. The van der Waals surface area contributed by atoms with Crippen LogP contribution in [0, 0.1) is 0 Å². The number of nitrogens with zero attached hydrogens (tertiary/aromatic N) is 5. The summed E-state index contributed by atoms with van der Waals surface area (Å²) in [6.07, 6.45) is 5.65. The maximum atomic E-state index is 5.64. The molecule has 0 unspecified atom stereocenters. The lowest BCUT2D eigenvalue weighted by Crippen LogP contribution is -2.12. The third-order valence-corrected chi connectivity index (χ3v) is 11.4. The van der Waals surface area contributed by atoms with Crippen molar-refractivity contribution in [1.29, 1.82) is 0 Å². The van der Waals surface area contributed by atoms with E-state index in [1.807, 2.05) is 18.6 Å². The number of fused-ring (bicyclic) bond motifs is 7. The second-order valence-corrected chi connectivity index (χ2v) is 15.9. The third kappa shape index (κ3) is 5.29. The highest BCUT2D eigenvalue weighted by Crippen LogP contribution is 2.42. The van der Waals surface area contributed by atoms with E-state index >= 15 is 0 Å². The summed E-state index contributed by atoms with van der Waals surface area (Å²) in [5.41, 5.74) is 14.0. The minimum Gasteiger partial charge on any atom is -0.354 e. The largest absolute Gasteiger partial charge is 0.354 e. The van der Waals surface area contributed by atoms with Crippen molar-refractivity contribution in [2.75, 3.05) is 0 Å². The van der Waals surface area contributed by atoms with Crippen molar-refractivity contribution in [2.45, 2.75) is 26.2 Å². The predicted octanol–water partition coefficient (Wildman–Crippen LogP) is 12.8. The van der Waals surface area contributed by atoms with Gasteiger partial charge in [-0.3, -0.25) is 14.1 Å². The molecule has 5 heterocycles. The second-order valence-electron chi connectivity index (χ2n) is 15.9. The lowest BCUT2D eigenvalue weighted by molar-refractivity contribution is 0.588. The maximum absolute atomic E-state index is 5.64. The zero-order valence-corrected chi connectivity index (χ0v) is 31.9. The Morgan fingerprint density at radius 2 is 1.26 bits per heavy atom. The molecule has 0 atom stereocenters. The molecule has 0 fully saturated rings. The van der Waals surface area contributed by atoms with E-state index in [0.29, 0.717) is 0 Å². The van der Waals surface area contributed by atoms with Crippen molar-refractivity contribution in [3.8, 4) is 45.1 Å². The summed E-state index contributed by atoms with van der Waals surface area (Å²) in [6.45, 7) is 6.74. The van der Waals surface area contributed by atoms with Crippen LogP contribution >= 0.6 is 0 Å². The third-order valence-electron chi connectivity index (χ3n) is 11.4. The van der Waals surface area contributed by atoms with Gasteiger partial charge in [-0.15, -0.1) is 0 Å². The molecule has 0 spiro atoms. The second kappa shape index (κ2) is 12.6. The summed E-state index contributed by atoms with van der Waals surface area (Å²) in [5.74, 6) is 1.78. The van der Waals surface area contributed by atoms with Crippen LogP contribution in [0.5, 0.6) is 0 Å². The first-order valence-corrected chi connectivity index (χ1v) is 19.4. The highest BCUT2D eigenvalue weighted by molar-refractivity contribution is 6.14. The van der Waals surface area contributed by atoms with Crippen LogP contribution in [0.1, 0.15) is 26.3 Å². The molecular formula is C51H38N6. The molecule has 6 heteroatoms. The van der Waals surface area contributed by atoms with Crippen LogP contribution in [0.3, 0.4) is 0 Å². The SMILES string of the molecule is CC(C)(C)c1ccnc(-n2c3ccccc3c3ccc(-c4cccc5c4nc(-c4cc(-c6ccncc6)cc6c4[nH]c4ccccc46)n5-c4ccccc4)cc32)c1. The summed E-state index contributed by atoms with van der Waals surface area (Å²) >= 11 is 0. The molecule has 0 saturated heterocycles. The van der Waals surface area contributed by atoms with Crippen molar-refractivity contribution >= 4 is 54.6 Å². The van der Waals surface area contributed by atoms with Crippen LogP contribution < -0.4 is 0 Å². The Labute approximate surface area is 329 Å². The van der Waals surface area contributed by atoms with Crippen molar-refractivity contribution in [2.24, 2.45) is 0 Å². The zero-order chi connectivity index (χ0) is 38.3. The number of aromatic nitrogens is 6. The molecule has 11 aromatic rings. The molecule has 0 bridgehead atoms. The predicted molar refractivity (Wildman–Crippen MR) is 235 cm³/mol. The fourth-order valence-corrected chi connectivity index (χ4v) is 8.58. The molecule has 57 heavy (non-hydrogen) atoms. The van der Waals surface area contributed by atoms with Crippen LogP contribution in [0.25, 0.3) is 99.8 Å². The molecule has 0 amide bonds. The molecule has 6 aromatic carbocycles. The monoisotopic (exact) mass is 734 g/mol. The summed E-state index contributed by atoms with van der Waals surface area (Å²) in [6, 6.07) is 54.2. The summed E-state index contributed by atoms with van der Waals surface area (Å²) < 4.78 is 4.63. The highest BCUT2D eigenvalue weighted by Gasteiger charge is 2.23. The minimum absolute atomic E-state index is 0.0111. The van der Waals surface area contributed by atoms with E-state index < -0.39 is 0 Å². The van der Waals surface area contributed by atoms with E-state index in [4.69, 9.17) is 9.97 Å². The minimum atomic E-state index is -0.0111. The number of para-hydroxylation sites is 4. The van der Waals surface area contributed by atoms with Gasteiger partial charge >= 0.3 is 0 Å². The average Bonchev–Trinajstić information content (AvgIpc) is 3.93. The highest BCUT2D eigenvalue weighted by atomic mass is 15.1. The number of hydrogen-bond acceptors (Lipinski definition) is 3. The van der Waals surface area contributed by atoms with Gasteiger partial charge in [0.05, 0.1) is 27.6 Å². The van der Waals surface area contributed by atoms with Crippen LogP contribution in [-0.4, -0.2) is 29.1 Å². The Morgan fingerprint density at radius 3 is 2.11 bits per heavy atom. The van der Waals surface area contributed by atoms with E-state index in [0.717, 1.165) is 83.6 Å². The van der Waals surface area contributed by atoms with Gasteiger partial charge in [0.1, 0.15) is 11.6 Å². The molecule has 0 radical (unpaired) electrons. The fraction of sp³-hybridized carbons (Fsp3) is 0.0784. The Kier molecular flexibility index (Phi) is 7.32. The normalized spacial score (nSPS) is 12.1. The van der Waals surface area contributed by atoms with Gasteiger partial charge in [-0.25, -0.2) is 9.97 Å². The van der Waals surface area contributed by atoms with Crippen molar-refractivity contribution in [1.82, 2.24) is 29.1 Å². The standard InChI is InChI=1S/C51H38N6/c1-51(2,3)35-24-27-53-47(31-35)57-44-18-10-8-15-39(44)40-21-20-33(30-46(40)57)37-16-11-19-45-49(37)55-50(56(45)36-12-5-4-6-13-36)42-29-34(32-22-25-52-26-23-32)28-41-38-14-7-9-17-43(38)54-48(41)42/h4-31,54H,1-3H3. The number of imidazole rings is 1. The first-order chi connectivity index (χ1) is 27.9. The Hall–Kier alpha value is -7.31. The van der Waals surface area contributed by atoms with Gasteiger partial charge in [0.25, 0.3) is 0 Å². The van der Waals surface area contributed by atoms with Gasteiger partial charge in [0.2, 0.25) is 0 Å². The number of hydrogen-bond donors (Lipinski definition) is 1. The van der Waals surface area contributed by atoms with Crippen molar-refractivity contribution in [3.63, 3.8) is 0 Å². The van der Waals surface area contributed by atoms with E-state index in [9.17, 15) is 0 Å². The topological polar surface area (TPSA) is 64.3 Å². The van der Waals surface area contributed by atoms with E-state index in [1.54, 1.807) is 0 Å². The summed E-state index contributed by atoms with van der Waals surface area (Å²) in [4.78, 5) is 18.7. The molecule has 5 aromatic heterocycles. The van der Waals surface area contributed by atoms with Crippen LogP contribution in [-0.2, 0) is 5.41 Å². The van der Waals surface area contributed by atoms with E-state index in [-0.39, 0.29) is 5.41 Å². The summed E-state index contributed by atoms with van der Waals surface area (Å²) in [5, 5.41) is 4.73. The first kappa shape index (κ1) is 33.1. The van der Waals surface area contributed by atoms with Gasteiger partial charge < -0.3 is 4.98 Å². The lowest BCUT2D eigenvalue weighted by atomic mass is 9.88. The van der Waals surface area contributed by atoms with Crippen LogP contribution in [0.4, 0.5) is 0 Å². The number of rotatable bonds is 5. The molecular weight excluding hydrogens is 697 g/mol. The van der Waals surface area contributed by atoms with E-state index in [1.165, 1.54) is 21.7 Å². The molecule has 0 aliphatic heterocycles. The molecule has 1 N–H and O–H groups in total. The smallest absolute Gasteiger partial charge is 0.147 e. The first-order valence-electron chi connectivity index (χ1n) is 19.4. The number of benzene rings is 6.